The summed E-state index contributed by atoms with van der Waals surface area (Å²) in [6.45, 7) is 2.03. The molecule has 1 aliphatic heterocycles. The molecule has 2 heteroatoms. The van der Waals surface area contributed by atoms with Crippen molar-refractivity contribution in [1.29, 1.82) is 0 Å². The molecule has 0 aromatic heterocycles. The molecule has 1 N–H and O–H groups in total. The van der Waals surface area contributed by atoms with Crippen LogP contribution in [0.3, 0.4) is 0 Å². The second-order valence-electron chi connectivity index (χ2n) is 3.28. The first-order valence-electron chi connectivity index (χ1n) is 4.50. The van der Waals surface area contributed by atoms with Gasteiger partial charge in [0.05, 0.1) is 0 Å². The maximum Gasteiger partial charge on any atom is 0.123 e. The maximum absolute atomic E-state index is 12.6. The third-order valence-corrected chi connectivity index (χ3v) is 2.22. The van der Waals surface area contributed by atoms with Gasteiger partial charge in [-0.1, -0.05) is 23.8 Å². The molecule has 13 heavy (non-hydrogen) atoms. The fourth-order valence-electron chi connectivity index (χ4n) is 1.50. The zero-order chi connectivity index (χ0) is 9.10. The van der Waals surface area contributed by atoms with E-state index < -0.39 is 0 Å². The van der Waals surface area contributed by atoms with Gasteiger partial charge in [-0.2, -0.15) is 0 Å². The van der Waals surface area contributed by atoms with Gasteiger partial charge in [0.15, 0.2) is 0 Å². The Morgan fingerprint density at radius 1 is 1.23 bits per heavy atom. The summed E-state index contributed by atoms with van der Waals surface area (Å²) in [7, 11) is 0. The van der Waals surface area contributed by atoms with Gasteiger partial charge in [-0.15, -0.1) is 0 Å². The summed E-state index contributed by atoms with van der Waals surface area (Å²) >= 11 is 0. The van der Waals surface area contributed by atoms with Crippen LogP contribution in [-0.4, -0.2) is 13.1 Å². The van der Waals surface area contributed by atoms with Crippen molar-refractivity contribution < 1.29 is 4.39 Å². The van der Waals surface area contributed by atoms with Crippen molar-refractivity contribution in [2.45, 2.75) is 6.42 Å². The Morgan fingerprint density at radius 2 is 2.00 bits per heavy atom. The standard InChI is InChI=1S/C11H12FN/c12-11-3-1-9(2-4-11)7-10-5-6-13-8-10/h1-4,7,13H,5-6,8H2. The minimum atomic E-state index is -0.174. The van der Waals surface area contributed by atoms with Crippen LogP contribution in [-0.2, 0) is 0 Å². The molecule has 0 spiro atoms. The highest BCUT2D eigenvalue weighted by Crippen LogP contribution is 2.12. The normalized spacial score (nSPS) is 19.6. The molecule has 1 aliphatic rings. The molecule has 0 atom stereocenters. The van der Waals surface area contributed by atoms with E-state index in [1.807, 2.05) is 0 Å². The van der Waals surface area contributed by atoms with Crippen LogP contribution < -0.4 is 5.32 Å². The average Bonchev–Trinajstić information content (AvgIpc) is 2.62. The van der Waals surface area contributed by atoms with E-state index in [1.165, 1.54) is 17.7 Å². The van der Waals surface area contributed by atoms with Crippen molar-refractivity contribution >= 4 is 6.08 Å². The van der Waals surface area contributed by atoms with Gasteiger partial charge in [-0.05, 0) is 30.7 Å². The van der Waals surface area contributed by atoms with Gasteiger partial charge >= 0.3 is 0 Å². The number of benzene rings is 1. The Labute approximate surface area is 77.3 Å². The van der Waals surface area contributed by atoms with Crippen molar-refractivity contribution in [1.82, 2.24) is 5.32 Å². The molecule has 68 valence electrons. The smallest absolute Gasteiger partial charge is 0.123 e. The highest BCUT2D eigenvalue weighted by atomic mass is 19.1. The van der Waals surface area contributed by atoms with Crippen molar-refractivity contribution in [2.75, 3.05) is 13.1 Å². The predicted octanol–water partition coefficient (Wildman–Crippen LogP) is 2.20. The Bertz CT molecular complexity index is 305. The second-order valence-corrected chi connectivity index (χ2v) is 3.28. The lowest BCUT2D eigenvalue weighted by Crippen LogP contribution is -2.04. The number of nitrogens with one attached hydrogen (secondary N) is 1. The van der Waals surface area contributed by atoms with Gasteiger partial charge in [-0.25, -0.2) is 4.39 Å². The fourth-order valence-corrected chi connectivity index (χ4v) is 1.50. The summed E-state index contributed by atoms with van der Waals surface area (Å²) in [6.07, 6.45) is 3.23. The van der Waals surface area contributed by atoms with Crippen LogP contribution in [0.5, 0.6) is 0 Å². The van der Waals surface area contributed by atoms with Crippen LogP contribution in [0.1, 0.15) is 12.0 Å². The van der Waals surface area contributed by atoms with E-state index in [0.29, 0.717) is 0 Å². The first kappa shape index (κ1) is 8.45. The minimum absolute atomic E-state index is 0.174. The quantitative estimate of drug-likeness (QED) is 0.693. The minimum Gasteiger partial charge on any atom is -0.313 e. The predicted molar refractivity (Wildman–Crippen MR) is 51.9 cm³/mol. The first-order valence-corrected chi connectivity index (χ1v) is 4.50. The fraction of sp³-hybridized carbons (Fsp3) is 0.273. The molecule has 1 fully saturated rings. The summed E-state index contributed by atoms with van der Waals surface area (Å²) < 4.78 is 12.6. The van der Waals surface area contributed by atoms with E-state index in [0.717, 1.165) is 25.1 Å². The molecular weight excluding hydrogens is 165 g/mol. The lowest BCUT2D eigenvalue weighted by Gasteiger charge is -1.96. The molecule has 0 saturated carbocycles. The molecule has 0 bridgehead atoms. The van der Waals surface area contributed by atoms with Crippen molar-refractivity contribution in [3.05, 3.63) is 41.2 Å². The molecule has 1 saturated heterocycles. The molecule has 1 nitrogen and oxygen atoms in total. The molecular formula is C11H12FN. The number of hydrogen-bond acceptors (Lipinski definition) is 1. The third kappa shape index (κ3) is 2.16. The van der Waals surface area contributed by atoms with E-state index in [-0.39, 0.29) is 5.82 Å². The Hall–Kier alpha value is -1.15. The largest absolute Gasteiger partial charge is 0.313 e. The van der Waals surface area contributed by atoms with Crippen molar-refractivity contribution in [3.8, 4) is 0 Å². The zero-order valence-electron chi connectivity index (χ0n) is 7.39. The molecule has 2 rings (SSSR count). The lowest BCUT2D eigenvalue weighted by molar-refractivity contribution is 0.628. The van der Waals surface area contributed by atoms with Gasteiger partial charge in [-0.3, -0.25) is 0 Å². The van der Waals surface area contributed by atoms with E-state index >= 15 is 0 Å². The number of rotatable bonds is 1. The van der Waals surface area contributed by atoms with Crippen LogP contribution in [0, 0.1) is 5.82 Å². The summed E-state index contributed by atoms with van der Waals surface area (Å²) in [6, 6.07) is 6.60. The highest BCUT2D eigenvalue weighted by Gasteiger charge is 2.04. The third-order valence-electron chi connectivity index (χ3n) is 2.22. The van der Waals surface area contributed by atoms with Crippen molar-refractivity contribution in [2.24, 2.45) is 0 Å². The second kappa shape index (κ2) is 3.71. The molecule has 0 radical (unpaired) electrons. The molecule has 0 aliphatic carbocycles. The zero-order valence-corrected chi connectivity index (χ0v) is 7.39. The molecule has 1 aromatic carbocycles. The monoisotopic (exact) mass is 177 g/mol. The maximum atomic E-state index is 12.6. The number of hydrogen-bond donors (Lipinski definition) is 1. The van der Waals surface area contributed by atoms with Crippen LogP contribution >= 0.6 is 0 Å². The summed E-state index contributed by atoms with van der Waals surface area (Å²) in [5.41, 5.74) is 2.48. The lowest BCUT2D eigenvalue weighted by atomic mass is 10.1. The highest BCUT2D eigenvalue weighted by molar-refractivity contribution is 5.53. The SMILES string of the molecule is Fc1ccc(C=C2CCNC2)cc1. The average molecular weight is 177 g/mol. The van der Waals surface area contributed by atoms with Gasteiger partial charge in [0.25, 0.3) is 0 Å². The van der Waals surface area contributed by atoms with Crippen LogP contribution in [0.15, 0.2) is 29.8 Å². The Kier molecular flexibility index (Phi) is 2.41. The molecule has 1 aromatic rings. The van der Waals surface area contributed by atoms with Crippen LogP contribution in [0.4, 0.5) is 4.39 Å². The van der Waals surface area contributed by atoms with E-state index in [2.05, 4.69) is 11.4 Å². The first-order chi connectivity index (χ1) is 6.34. The van der Waals surface area contributed by atoms with E-state index in [1.54, 1.807) is 12.1 Å². The van der Waals surface area contributed by atoms with Crippen LogP contribution in [0.25, 0.3) is 6.08 Å². The van der Waals surface area contributed by atoms with Gasteiger partial charge in [0, 0.05) is 6.54 Å². The number of halogens is 1. The van der Waals surface area contributed by atoms with E-state index in [4.69, 9.17) is 0 Å². The topological polar surface area (TPSA) is 12.0 Å². The van der Waals surface area contributed by atoms with Gasteiger partial charge in [0.2, 0.25) is 0 Å². The van der Waals surface area contributed by atoms with Gasteiger partial charge < -0.3 is 5.32 Å². The van der Waals surface area contributed by atoms with E-state index in [9.17, 15) is 4.39 Å². The van der Waals surface area contributed by atoms with Gasteiger partial charge in [0.1, 0.15) is 5.82 Å². The molecule has 1 heterocycles. The summed E-state index contributed by atoms with van der Waals surface area (Å²) in [4.78, 5) is 0. The van der Waals surface area contributed by atoms with Crippen LogP contribution in [0.2, 0.25) is 0 Å². The summed E-state index contributed by atoms with van der Waals surface area (Å²) in [5.74, 6) is -0.174. The Balaban J connectivity index is 2.17. The molecule has 0 amide bonds. The molecule has 0 unspecified atom stereocenters. The summed E-state index contributed by atoms with van der Waals surface area (Å²) in [5, 5.41) is 3.26. The Morgan fingerprint density at radius 3 is 2.62 bits per heavy atom. The van der Waals surface area contributed by atoms with Crippen molar-refractivity contribution in [3.63, 3.8) is 0 Å².